The summed E-state index contributed by atoms with van der Waals surface area (Å²) in [4.78, 5) is 8.17. The van der Waals surface area contributed by atoms with Gasteiger partial charge in [0.2, 0.25) is 0 Å². The highest BCUT2D eigenvalue weighted by atomic mass is 14.8. The summed E-state index contributed by atoms with van der Waals surface area (Å²) >= 11 is 0. The molecule has 4 nitrogen and oxygen atoms in total. The van der Waals surface area contributed by atoms with Crippen LogP contribution in [0.5, 0.6) is 0 Å². The zero-order valence-electron chi connectivity index (χ0n) is 8.88. The molecule has 4 N–H and O–H groups in total. The third-order valence-electron chi connectivity index (χ3n) is 2.37. The van der Waals surface area contributed by atoms with E-state index < -0.39 is 0 Å². The molecule has 82 valence electrons. The van der Waals surface area contributed by atoms with Crippen LogP contribution in [-0.4, -0.2) is 9.97 Å². The quantitative estimate of drug-likeness (QED) is 0.807. The number of nitrogens with two attached hydrogens (primary N) is 2. The van der Waals surface area contributed by atoms with Gasteiger partial charge in [-0.05, 0) is 36.2 Å². The molecule has 0 spiro atoms. The van der Waals surface area contributed by atoms with E-state index in [-0.39, 0.29) is 6.04 Å². The molecule has 2 aromatic heterocycles. The number of anilines is 1. The van der Waals surface area contributed by atoms with Gasteiger partial charge in [-0.15, -0.1) is 0 Å². The first-order chi connectivity index (χ1) is 7.75. The van der Waals surface area contributed by atoms with Crippen molar-refractivity contribution in [2.75, 3.05) is 5.73 Å². The summed E-state index contributed by atoms with van der Waals surface area (Å²) in [5.74, 6) is 0.519. The molecular weight excluding hydrogens is 200 g/mol. The van der Waals surface area contributed by atoms with Gasteiger partial charge in [0.15, 0.2) is 0 Å². The van der Waals surface area contributed by atoms with Gasteiger partial charge in [0.05, 0.1) is 11.7 Å². The Morgan fingerprint density at radius 3 is 2.69 bits per heavy atom. The summed E-state index contributed by atoms with van der Waals surface area (Å²) in [7, 11) is 0. The van der Waals surface area contributed by atoms with Crippen LogP contribution >= 0.6 is 0 Å². The summed E-state index contributed by atoms with van der Waals surface area (Å²) in [5, 5.41) is 0. The second-order valence-corrected chi connectivity index (χ2v) is 3.65. The molecule has 0 radical (unpaired) electrons. The predicted molar refractivity (Wildman–Crippen MR) is 63.5 cm³/mol. The standard InChI is InChI=1S/C12H14N4/c13-10(11-3-1-2-5-15-11)7-9-4-6-16-12(14)8-9/h1-6,8,10H,7,13H2,(H2,14,16). The highest BCUT2D eigenvalue weighted by Crippen LogP contribution is 2.14. The molecule has 2 aromatic rings. The van der Waals surface area contributed by atoms with Crippen molar-refractivity contribution in [2.45, 2.75) is 12.5 Å². The minimum atomic E-state index is -0.108. The van der Waals surface area contributed by atoms with Gasteiger partial charge in [0.1, 0.15) is 5.82 Å². The zero-order valence-corrected chi connectivity index (χ0v) is 8.88. The lowest BCUT2D eigenvalue weighted by molar-refractivity contribution is 0.696. The number of hydrogen-bond acceptors (Lipinski definition) is 4. The van der Waals surface area contributed by atoms with E-state index in [0.717, 1.165) is 11.3 Å². The fraction of sp³-hybridized carbons (Fsp3) is 0.167. The highest BCUT2D eigenvalue weighted by molar-refractivity contribution is 5.32. The zero-order chi connectivity index (χ0) is 11.4. The smallest absolute Gasteiger partial charge is 0.123 e. The lowest BCUT2D eigenvalue weighted by atomic mass is 10.0. The minimum Gasteiger partial charge on any atom is -0.384 e. The van der Waals surface area contributed by atoms with E-state index in [1.807, 2.05) is 30.3 Å². The summed E-state index contributed by atoms with van der Waals surface area (Å²) in [6.45, 7) is 0. The number of rotatable bonds is 3. The van der Waals surface area contributed by atoms with Crippen LogP contribution in [-0.2, 0) is 6.42 Å². The number of nitrogen functional groups attached to an aromatic ring is 1. The van der Waals surface area contributed by atoms with Crippen LogP contribution in [0.2, 0.25) is 0 Å². The third-order valence-corrected chi connectivity index (χ3v) is 2.37. The molecule has 0 aromatic carbocycles. The first-order valence-corrected chi connectivity index (χ1v) is 5.12. The second-order valence-electron chi connectivity index (χ2n) is 3.65. The van der Waals surface area contributed by atoms with Gasteiger partial charge in [0, 0.05) is 12.4 Å². The van der Waals surface area contributed by atoms with Gasteiger partial charge in [0.25, 0.3) is 0 Å². The highest BCUT2D eigenvalue weighted by Gasteiger charge is 2.07. The van der Waals surface area contributed by atoms with Crippen molar-refractivity contribution in [3.05, 3.63) is 54.0 Å². The number of hydrogen-bond donors (Lipinski definition) is 2. The Labute approximate surface area is 94.3 Å². The maximum atomic E-state index is 6.05. The first-order valence-electron chi connectivity index (χ1n) is 5.12. The Hall–Kier alpha value is -1.94. The van der Waals surface area contributed by atoms with E-state index in [1.165, 1.54) is 0 Å². The fourth-order valence-corrected chi connectivity index (χ4v) is 1.58. The molecule has 4 heteroatoms. The lowest BCUT2D eigenvalue weighted by Crippen LogP contribution is -2.14. The van der Waals surface area contributed by atoms with Crippen LogP contribution in [0.3, 0.4) is 0 Å². The molecular formula is C12H14N4. The molecule has 0 amide bonds. The van der Waals surface area contributed by atoms with Gasteiger partial charge in [-0.25, -0.2) is 4.98 Å². The van der Waals surface area contributed by atoms with Crippen LogP contribution in [0.15, 0.2) is 42.7 Å². The van der Waals surface area contributed by atoms with E-state index in [0.29, 0.717) is 12.2 Å². The molecule has 0 saturated heterocycles. The molecule has 0 fully saturated rings. The van der Waals surface area contributed by atoms with E-state index >= 15 is 0 Å². The van der Waals surface area contributed by atoms with Crippen molar-refractivity contribution in [3.8, 4) is 0 Å². The molecule has 1 atom stereocenters. The summed E-state index contributed by atoms with van der Waals surface area (Å²) < 4.78 is 0. The average Bonchev–Trinajstić information content (AvgIpc) is 2.30. The maximum absolute atomic E-state index is 6.05. The molecule has 0 bridgehead atoms. The molecule has 0 aliphatic heterocycles. The number of pyridine rings is 2. The van der Waals surface area contributed by atoms with Crippen LogP contribution in [0.25, 0.3) is 0 Å². The minimum absolute atomic E-state index is 0.108. The Balaban J connectivity index is 2.11. The van der Waals surface area contributed by atoms with E-state index in [4.69, 9.17) is 11.5 Å². The molecule has 1 unspecified atom stereocenters. The largest absolute Gasteiger partial charge is 0.384 e. The first kappa shape index (κ1) is 10.6. The van der Waals surface area contributed by atoms with E-state index in [1.54, 1.807) is 12.4 Å². The lowest BCUT2D eigenvalue weighted by Gasteiger charge is -2.10. The number of aromatic nitrogens is 2. The van der Waals surface area contributed by atoms with E-state index in [9.17, 15) is 0 Å². The van der Waals surface area contributed by atoms with Crippen LogP contribution in [0, 0.1) is 0 Å². The predicted octanol–water partition coefficient (Wildman–Crippen LogP) is 1.30. The van der Waals surface area contributed by atoms with Crippen molar-refractivity contribution >= 4 is 5.82 Å². The van der Waals surface area contributed by atoms with Gasteiger partial charge in [-0.3, -0.25) is 4.98 Å². The average molecular weight is 214 g/mol. The molecule has 2 heterocycles. The van der Waals surface area contributed by atoms with Gasteiger partial charge in [-0.1, -0.05) is 6.07 Å². The molecule has 0 aliphatic carbocycles. The van der Waals surface area contributed by atoms with Gasteiger partial charge < -0.3 is 11.5 Å². The topological polar surface area (TPSA) is 77.8 Å². The summed E-state index contributed by atoms with van der Waals surface area (Å²) in [6.07, 6.45) is 4.15. The summed E-state index contributed by atoms with van der Waals surface area (Å²) in [5.41, 5.74) is 13.6. The molecule has 0 aliphatic rings. The van der Waals surface area contributed by atoms with Crippen molar-refractivity contribution in [1.29, 1.82) is 0 Å². The molecule has 16 heavy (non-hydrogen) atoms. The van der Waals surface area contributed by atoms with Crippen LogP contribution in [0.1, 0.15) is 17.3 Å². The van der Waals surface area contributed by atoms with Crippen molar-refractivity contribution in [2.24, 2.45) is 5.73 Å². The fourth-order valence-electron chi connectivity index (χ4n) is 1.58. The van der Waals surface area contributed by atoms with Gasteiger partial charge >= 0.3 is 0 Å². The summed E-state index contributed by atoms with van der Waals surface area (Å²) in [6, 6.07) is 9.38. The second kappa shape index (κ2) is 4.72. The Morgan fingerprint density at radius 2 is 2.00 bits per heavy atom. The monoisotopic (exact) mass is 214 g/mol. The van der Waals surface area contributed by atoms with Crippen molar-refractivity contribution < 1.29 is 0 Å². The maximum Gasteiger partial charge on any atom is 0.123 e. The Morgan fingerprint density at radius 1 is 1.12 bits per heavy atom. The van der Waals surface area contributed by atoms with E-state index in [2.05, 4.69) is 9.97 Å². The normalized spacial score (nSPS) is 12.3. The SMILES string of the molecule is Nc1cc(CC(N)c2ccccn2)ccn1. The van der Waals surface area contributed by atoms with Crippen molar-refractivity contribution in [3.63, 3.8) is 0 Å². The van der Waals surface area contributed by atoms with Gasteiger partial charge in [-0.2, -0.15) is 0 Å². The number of nitrogens with zero attached hydrogens (tertiary/aromatic N) is 2. The Bertz CT molecular complexity index is 456. The van der Waals surface area contributed by atoms with Crippen molar-refractivity contribution in [1.82, 2.24) is 9.97 Å². The third kappa shape index (κ3) is 2.55. The Kier molecular flexibility index (Phi) is 3.12. The molecule has 0 saturated carbocycles. The van der Waals surface area contributed by atoms with Crippen LogP contribution < -0.4 is 11.5 Å². The van der Waals surface area contributed by atoms with Crippen LogP contribution in [0.4, 0.5) is 5.82 Å². The molecule has 2 rings (SSSR count).